The largest absolute Gasteiger partial charge is 0.490 e. The van der Waals surface area contributed by atoms with Crippen LogP contribution < -0.4 is 31.4 Å². The van der Waals surface area contributed by atoms with E-state index >= 15 is 4.39 Å². The predicted octanol–water partition coefficient (Wildman–Crippen LogP) is 4.25. The molecule has 1 heterocycles. The number of carboxylic acids is 1. The Morgan fingerprint density at radius 1 is 1.07 bits per heavy atom. The Morgan fingerprint density at radius 2 is 1.69 bits per heavy atom. The molecule has 0 spiro atoms. The van der Waals surface area contributed by atoms with Crippen molar-refractivity contribution < 1.29 is 46.5 Å². The number of carbonyl (C=O) groups is 3. The highest BCUT2D eigenvalue weighted by Crippen LogP contribution is 2.35. The van der Waals surface area contributed by atoms with E-state index in [0.29, 0.717) is 22.4 Å². The third-order valence-corrected chi connectivity index (χ3v) is 5.61. The van der Waals surface area contributed by atoms with Crippen molar-refractivity contribution in [1.82, 2.24) is 15.8 Å². The number of pyridine rings is 1. The number of carbonyl (C=O) groups excluding carboxylic acids is 2. The molecule has 7 N–H and O–H groups in total. The molecule has 1 aromatic heterocycles. The zero-order valence-electron chi connectivity index (χ0n) is 24.6. The van der Waals surface area contributed by atoms with E-state index in [1.54, 1.807) is 52.0 Å². The zero-order chi connectivity index (χ0) is 33.9. The number of amides is 2. The second-order valence-corrected chi connectivity index (χ2v) is 9.43. The normalized spacial score (nSPS) is 11.4. The maximum absolute atomic E-state index is 15.4. The van der Waals surface area contributed by atoms with Crippen molar-refractivity contribution in [3.8, 4) is 11.5 Å². The number of aryl methyl sites for hydroxylation is 1. The summed E-state index contributed by atoms with van der Waals surface area (Å²) in [6.07, 6.45) is -2.33. The summed E-state index contributed by atoms with van der Waals surface area (Å²) in [6, 6.07) is 9.19. The first-order valence-electron chi connectivity index (χ1n) is 13.2. The number of alkyl halides is 3. The molecule has 3 aromatic rings. The number of aliphatic carboxylic acids is 1. The minimum Gasteiger partial charge on any atom is -0.490 e. The summed E-state index contributed by atoms with van der Waals surface area (Å²) in [5.74, 6) is -4.41. The molecule has 16 heteroatoms. The summed E-state index contributed by atoms with van der Waals surface area (Å²) in [5, 5.41) is 17.7. The number of rotatable bonds is 10. The molecule has 3 rings (SSSR count). The third kappa shape index (κ3) is 10.7. The molecule has 0 saturated carbocycles. The third-order valence-electron chi connectivity index (χ3n) is 5.61. The van der Waals surface area contributed by atoms with E-state index in [9.17, 15) is 22.8 Å². The van der Waals surface area contributed by atoms with Gasteiger partial charge in [0.2, 0.25) is 0 Å². The Morgan fingerprint density at radius 3 is 2.20 bits per heavy atom. The monoisotopic (exact) mass is 636 g/mol. The van der Waals surface area contributed by atoms with Crippen LogP contribution in [0, 0.1) is 18.2 Å². The van der Waals surface area contributed by atoms with Crippen molar-refractivity contribution >= 4 is 29.3 Å². The number of benzene rings is 2. The Balaban J connectivity index is 0.000000900. The lowest BCUT2D eigenvalue weighted by atomic mass is 10.0. The number of hydrogen-bond donors (Lipinski definition) is 6. The van der Waals surface area contributed by atoms with Crippen LogP contribution in [-0.4, -0.2) is 52.6 Å². The summed E-state index contributed by atoms with van der Waals surface area (Å²) >= 11 is 0. The van der Waals surface area contributed by atoms with E-state index in [0.717, 1.165) is 0 Å². The highest BCUT2D eigenvalue weighted by Gasteiger charge is 2.38. The summed E-state index contributed by atoms with van der Waals surface area (Å²) in [7, 11) is 0. The fraction of sp³-hybridized carbons (Fsp3) is 0.276. The molecule has 0 radical (unpaired) electrons. The number of aromatic nitrogens is 1. The molecule has 0 aliphatic carbocycles. The molecular formula is C29H32F4N6O6. The van der Waals surface area contributed by atoms with Crippen LogP contribution in [0.3, 0.4) is 0 Å². The number of nitrogens with one attached hydrogen (secondary N) is 4. The van der Waals surface area contributed by atoms with Crippen LogP contribution in [-0.2, 0) is 9.59 Å². The summed E-state index contributed by atoms with van der Waals surface area (Å²) < 4.78 is 58.5. The van der Waals surface area contributed by atoms with E-state index in [4.69, 9.17) is 30.5 Å². The second-order valence-electron chi connectivity index (χ2n) is 9.43. The van der Waals surface area contributed by atoms with Gasteiger partial charge in [0, 0.05) is 40.8 Å². The average molecular weight is 637 g/mol. The van der Waals surface area contributed by atoms with Gasteiger partial charge in [0.25, 0.3) is 11.8 Å². The standard InChI is InChI=1S/C27H31FN6O4.C2HF3O2/c1-5-37-22-12-20(21(28)13-23(22)38-15(2)3)24(32-18-8-6-17(7-9-18)25(29)30)27(36)34-33-26(35)19-10-11-31-14-16(19)4;3-2(4,5)1(6)7/h6-15,24,32H,5H2,1-4H3,(H3,29,30)(H,33,35)(H,34,36);(H,6,7). The van der Waals surface area contributed by atoms with Crippen molar-refractivity contribution in [3.63, 3.8) is 0 Å². The lowest BCUT2D eigenvalue weighted by Gasteiger charge is -2.23. The smallest absolute Gasteiger partial charge is 0.490 e. The van der Waals surface area contributed by atoms with Crippen molar-refractivity contribution in [2.75, 3.05) is 11.9 Å². The molecule has 1 unspecified atom stereocenters. The summed E-state index contributed by atoms with van der Waals surface area (Å²) in [6.45, 7) is 7.38. The van der Waals surface area contributed by atoms with Gasteiger partial charge in [-0.15, -0.1) is 0 Å². The lowest BCUT2D eigenvalue weighted by molar-refractivity contribution is -0.192. The van der Waals surface area contributed by atoms with E-state index in [1.165, 1.54) is 30.6 Å². The molecule has 0 bridgehead atoms. The molecular weight excluding hydrogens is 604 g/mol. The van der Waals surface area contributed by atoms with Crippen LogP contribution in [0.5, 0.6) is 11.5 Å². The fourth-order valence-electron chi connectivity index (χ4n) is 3.57. The van der Waals surface area contributed by atoms with Gasteiger partial charge in [-0.05, 0) is 69.7 Å². The van der Waals surface area contributed by atoms with Gasteiger partial charge >= 0.3 is 12.1 Å². The van der Waals surface area contributed by atoms with Crippen molar-refractivity contribution in [2.45, 2.75) is 46.0 Å². The van der Waals surface area contributed by atoms with Gasteiger partial charge in [0.1, 0.15) is 17.7 Å². The number of anilines is 1. The minimum absolute atomic E-state index is 0.0351. The van der Waals surface area contributed by atoms with Crippen LogP contribution in [0.15, 0.2) is 54.9 Å². The van der Waals surface area contributed by atoms with Gasteiger partial charge in [0.05, 0.1) is 12.7 Å². The Labute approximate surface area is 255 Å². The number of nitrogens with zero attached hydrogens (tertiary/aromatic N) is 1. The average Bonchev–Trinajstić information content (AvgIpc) is 2.96. The quantitative estimate of drug-likeness (QED) is 0.0818. The first-order chi connectivity index (χ1) is 21.0. The molecule has 242 valence electrons. The predicted molar refractivity (Wildman–Crippen MR) is 155 cm³/mol. The zero-order valence-corrected chi connectivity index (χ0v) is 24.6. The van der Waals surface area contributed by atoms with Gasteiger partial charge in [-0.25, -0.2) is 9.18 Å². The number of hydrogen-bond acceptors (Lipinski definition) is 8. The van der Waals surface area contributed by atoms with Crippen molar-refractivity contribution in [1.29, 1.82) is 5.41 Å². The number of nitrogen functional groups attached to an aromatic ring is 1. The van der Waals surface area contributed by atoms with Crippen LogP contribution in [0.4, 0.5) is 23.2 Å². The van der Waals surface area contributed by atoms with E-state index in [1.807, 2.05) is 0 Å². The van der Waals surface area contributed by atoms with E-state index in [2.05, 4.69) is 21.2 Å². The Kier molecular flexibility index (Phi) is 12.6. The highest BCUT2D eigenvalue weighted by atomic mass is 19.4. The number of halogens is 4. The van der Waals surface area contributed by atoms with Gasteiger partial charge in [-0.3, -0.25) is 30.8 Å². The topological polar surface area (TPSA) is 189 Å². The Hall–Kier alpha value is -5.41. The van der Waals surface area contributed by atoms with Crippen LogP contribution in [0.1, 0.15) is 53.9 Å². The number of nitrogens with two attached hydrogens (primary N) is 1. The maximum Gasteiger partial charge on any atom is 0.490 e. The molecule has 12 nitrogen and oxygen atoms in total. The molecule has 0 fully saturated rings. The summed E-state index contributed by atoms with van der Waals surface area (Å²) in [4.78, 5) is 38.8. The van der Waals surface area contributed by atoms with Crippen LogP contribution in [0.25, 0.3) is 0 Å². The van der Waals surface area contributed by atoms with Gasteiger partial charge in [-0.2, -0.15) is 13.2 Å². The van der Waals surface area contributed by atoms with E-state index in [-0.39, 0.29) is 35.6 Å². The van der Waals surface area contributed by atoms with Crippen LogP contribution in [0.2, 0.25) is 0 Å². The highest BCUT2D eigenvalue weighted by molar-refractivity contribution is 5.97. The fourth-order valence-corrected chi connectivity index (χ4v) is 3.57. The van der Waals surface area contributed by atoms with Gasteiger partial charge in [0.15, 0.2) is 11.5 Å². The lowest BCUT2D eigenvalue weighted by Crippen LogP contribution is -2.45. The van der Waals surface area contributed by atoms with Crippen LogP contribution >= 0.6 is 0 Å². The molecule has 1 atom stereocenters. The van der Waals surface area contributed by atoms with Gasteiger partial charge < -0.3 is 25.6 Å². The first kappa shape index (κ1) is 35.8. The Bertz CT molecular complexity index is 1520. The first-order valence-corrected chi connectivity index (χ1v) is 13.2. The van der Waals surface area contributed by atoms with Crippen molar-refractivity contribution in [2.24, 2.45) is 5.73 Å². The van der Waals surface area contributed by atoms with Crippen molar-refractivity contribution in [3.05, 3.63) is 82.9 Å². The number of hydrazine groups is 1. The minimum atomic E-state index is -5.08. The molecule has 0 saturated heterocycles. The SMILES string of the molecule is CCOc1cc(C(Nc2ccc(C(=N)N)cc2)C(=O)NNC(=O)c2ccncc2C)c(F)cc1OC(C)C.O=C(O)C(F)(F)F. The second kappa shape index (κ2) is 15.9. The molecule has 2 amide bonds. The van der Waals surface area contributed by atoms with Gasteiger partial charge in [-0.1, -0.05) is 0 Å². The number of ether oxygens (including phenoxy) is 2. The molecule has 0 aliphatic heterocycles. The molecule has 2 aromatic carbocycles. The maximum atomic E-state index is 15.4. The molecule has 45 heavy (non-hydrogen) atoms. The number of amidine groups is 1. The summed E-state index contributed by atoms with van der Waals surface area (Å²) in [5.41, 5.74) is 12.1. The number of carboxylic acid groups (broad SMARTS) is 1. The van der Waals surface area contributed by atoms with E-state index < -0.39 is 35.8 Å². The molecule has 0 aliphatic rings.